The number of carbonyl (C=O) groups excluding carboxylic acids is 2. The molecule has 0 atom stereocenters. The van der Waals surface area contributed by atoms with Crippen LogP contribution in [0.4, 0.5) is 5.69 Å². The van der Waals surface area contributed by atoms with E-state index in [1.807, 2.05) is 19.9 Å². The van der Waals surface area contributed by atoms with Gasteiger partial charge in [-0.2, -0.15) is 5.26 Å². The second-order valence-corrected chi connectivity index (χ2v) is 5.98. The predicted molar refractivity (Wildman–Crippen MR) is 93.8 cm³/mol. The summed E-state index contributed by atoms with van der Waals surface area (Å²) in [6.45, 7) is 3.68. The van der Waals surface area contributed by atoms with Gasteiger partial charge in [-0.15, -0.1) is 0 Å². The van der Waals surface area contributed by atoms with Gasteiger partial charge in [-0.1, -0.05) is 11.6 Å². The molecule has 2 aromatic rings. The molecule has 8 heteroatoms. The molecule has 1 aromatic heterocycles. The molecule has 25 heavy (non-hydrogen) atoms. The summed E-state index contributed by atoms with van der Waals surface area (Å²) in [5, 5.41) is 12.1. The first-order valence-electron chi connectivity index (χ1n) is 7.40. The van der Waals surface area contributed by atoms with Crippen LogP contribution in [0.25, 0.3) is 5.69 Å². The number of anilines is 1. The lowest BCUT2D eigenvalue weighted by Crippen LogP contribution is -2.30. The van der Waals surface area contributed by atoms with E-state index in [0.29, 0.717) is 11.3 Å². The van der Waals surface area contributed by atoms with Gasteiger partial charge in [0.2, 0.25) is 0 Å². The third kappa shape index (κ3) is 3.59. The van der Waals surface area contributed by atoms with E-state index in [1.54, 1.807) is 12.1 Å². The maximum Gasteiger partial charge on any atom is 0.357 e. The van der Waals surface area contributed by atoms with Gasteiger partial charge in [-0.05, 0) is 32.0 Å². The molecular formula is C17H17ClN4O3. The number of ether oxygens (including phenoxy) is 1. The molecule has 0 bridgehead atoms. The fourth-order valence-corrected chi connectivity index (χ4v) is 2.56. The van der Waals surface area contributed by atoms with Crippen molar-refractivity contribution in [2.24, 2.45) is 0 Å². The van der Waals surface area contributed by atoms with Gasteiger partial charge in [0.05, 0.1) is 28.9 Å². The van der Waals surface area contributed by atoms with Gasteiger partial charge in [0.1, 0.15) is 6.07 Å². The van der Waals surface area contributed by atoms with Crippen LogP contribution in [0.1, 0.15) is 40.3 Å². The van der Waals surface area contributed by atoms with E-state index >= 15 is 0 Å². The number of aromatic nitrogens is 1. The molecule has 0 radical (unpaired) electrons. The molecule has 1 aromatic carbocycles. The third-order valence-corrected chi connectivity index (χ3v) is 3.75. The number of hydrogen-bond donors (Lipinski definition) is 2. The number of esters is 1. The van der Waals surface area contributed by atoms with Crippen molar-refractivity contribution in [3.05, 3.63) is 46.2 Å². The Labute approximate surface area is 149 Å². The number of nitrogen functional groups attached to an aromatic ring is 1. The molecule has 2 rings (SSSR count). The highest BCUT2D eigenvalue weighted by atomic mass is 35.5. The minimum Gasteiger partial charge on any atom is -0.464 e. The predicted octanol–water partition coefficient (Wildman–Crippen LogP) is 2.51. The SMILES string of the molecule is COC(=O)c1c(N)c(C#N)cn1-c1ccc(C(=O)NC(C)C)c(Cl)c1. The smallest absolute Gasteiger partial charge is 0.357 e. The number of nitrogens with one attached hydrogen (secondary N) is 1. The van der Waals surface area contributed by atoms with Crippen molar-refractivity contribution >= 4 is 29.2 Å². The zero-order chi connectivity index (χ0) is 18.7. The molecule has 3 N–H and O–H groups in total. The van der Waals surface area contributed by atoms with Gasteiger partial charge in [0, 0.05) is 17.9 Å². The Hall–Kier alpha value is -2.98. The Balaban J connectivity index is 2.54. The van der Waals surface area contributed by atoms with Crippen molar-refractivity contribution in [1.82, 2.24) is 9.88 Å². The van der Waals surface area contributed by atoms with Crippen molar-refractivity contribution in [1.29, 1.82) is 5.26 Å². The Morgan fingerprint density at radius 2 is 2.08 bits per heavy atom. The van der Waals surface area contributed by atoms with Gasteiger partial charge in [-0.3, -0.25) is 4.79 Å². The lowest BCUT2D eigenvalue weighted by atomic mass is 10.1. The van der Waals surface area contributed by atoms with Gasteiger partial charge in [0.15, 0.2) is 5.69 Å². The summed E-state index contributed by atoms with van der Waals surface area (Å²) < 4.78 is 6.14. The fourth-order valence-electron chi connectivity index (χ4n) is 2.30. The monoisotopic (exact) mass is 360 g/mol. The topological polar surface area (TPSA) is 110 Å². The highest BCUT2D eigenvalue weighted by Gasteiger charge is 2.22. The van der Waals surface area contributed by atoms with Crippen LogP contribution in [0.5, 0.6) is 0 Å². The maximum atomic E-state index is 12.1. The van der Waals surface area contributed by atoms with E-state index < -0.39 is 5.97 Å². The number of amides is 1. The first-order chi connectivity index (χ1) is 11.8. The van der Waals surface area contributed by atoms with E-state index in [2.05, 4.69) is 5.32 Å². The number of carbonyl (C=O) groups is 2. The van der Waals surface area contributed by atoms with Crippen LogP contribution in [0.2, 0.25) is 5.02 Å². The molecule has 0 unspecified atom stereocenters. The van der Waals surface area contributed by atoms with Gasteiger partial charge < -0.3 is 20.4 Å². The van der Waals surface area contributed by atoms with Gasteiger partial charge >= 0.3 is 5.97 Å². The molecule has 0 aliphatic rings. The van der Waals surface area contributed by atoms with Crippen molar-refractivity contribution in [3.63, 3.8) is 0 Å². The zero-order valence-electron chi connectivity index (χ0n) is 14.0. The Kier molecular flexibility index (Phi) is 5.35. The molecule has 0 spiro atoms. The third-order valence-electron chi connectivity index (χ3n) is 3.44. The van der Waals surface area contributed by atoms with Crippen molar-refractivity contribution in [3.8, 4) is 11.8 Å². The summed E-state index contributed by atoms with van der Waals surface area (Å²) in [4.78, 5) is 24.1. The first-order valence-corrected chi connectivity index (χ1v) is 7.78. The molecule has 7 nitrogen and oxygen atoms in total. The fraction of sp³-hybridized carbons (Fsp3) is 0.235. The van der Waals surface area contributed by atoms with Crippen molar-refractivity contribution in [2.75, 3.05) is 12.8 Å². The number of rotatable bonds is 4. The van der Waals surface area contributed by atoms with Crippen LogP contribution in [0.15, 0.2) is 24.4 Å². The maximum absolute atomic E-state index is 12.1. The van der Waals surface area contributed by atoms with E-state index in [1.165, 1.54) is 23.9 Å². The highest BCUT2D eigenvalue weighted by molar-refractivity contribution is 6.34. The van der Waals surface area contributed by atoms with Crippen LogP contribution in [0.3, 0.4) is 0 Å². The number of methoxy groups -OCH3 is 1. The Morgan fingerprint density at radius 3 is 2.60 bits per heavy atom. The highest BCUT2D eigenvalue weighted by Crippen LogP contribution is 2.27. The second kappa shape index (κ2) is 7.28. The molecular weight excluding hydrogens is 344 g/mol. The first kappa shape index (κ1) is 18.4. The lowest BCUT2D eigenvalue weighted by molar-refractivity contribution is 0.0592. The van der Waals surface area contributed by atoms with Crippen LogP contribution in [-0.2, 0) is 4.74 Å². The van der Waals surface area contributed by atoms with E-state index in [0.717, 1.165) is 0 Å². The quantitative estimate of drug-likeness (QED) is 0.814. The number of hydrogen-bond acceptors (Lipinski definition) is 5. The molecule has 130 valence electrons. The summed E-state index contributed by atoms with van der Waals surface area (Å²) >= 11 is 6.22. The van der Waals surface area contributed by atoms with Gasteiger partial charge in [-0.25, -0.2) is 4.79 Å². The van der Waals surface area contributed by atoms with Crippen molar-refractivity contribution in [2.45, 2.75) is 19.9 Å². The van der Waals surface area contributed by atoms with Crippen LogP contribution >= 0.6 is 11.6 Å². The Morgan fingerprint density at radius 1 is 1.40 bits per heavy atom. The van der Waals surface area contributed by atoms with Gasteiger partial charge in [0.25, 0.3) is 5.91 Å². The summed E-state index contributed by atoms with van der Waals surface area (Å²) in [5.74, 6) is -0.985. The number of benzene rings is 1. The molecule has 0 aliphatic heterocycles. The molecule has 1 heterocycles. The summed E-state index contributed by atoms with van der Waals surface area (Å²) in [7, 11) is 1.22. The molecule has 0 saturated heterocycles. The number of nitrogens with zero attached hydrogens (tertiary/aromatic N) is 2. The van der Waals surface area contributed by atoms with Crippen molar-refractivity contribution < 1.29 is 14.3 Å². The minimum absolute atomic E-state index is 0.0205. The van der Waals surface area contributed by atoms with E-state index in [9.17, 15) is 9.59 Å². The number of halogens is 1. The zero-order valence-corrected chi connectivity index (χ0v) is 14.7. The number of nitrogens with two attached hydrogens (primary N) is 1. The average Bonchev–Trinajstić information content (AvgIpc) is 2.89. The molecule has 0 fully saturated rings. The average molecular weight is 361 g/mol. The molecule has 1 amide bonds. The largest absolute Gasteiger partial charge is 0.464 e. The lowest BCUT2D eigenvalue weighted by Gasteiger charge is -2.12. The normalized spacial score (nSPS) is 10.4. The van der Waals surface area contributed by atoms with Crippen LogP contribution in [0, 0.1) is 11.3 Å². The number of nitriles is 1. The standard InChI is InChI=1S/C17H17ClN4O3/c1-9(2)21-16(23)12-5-4-11(6-13(12)18)22-8-10(7-19)14(20)15(22)17(24)25-3/h4-6,8-9H,20H2,1-3H3,(H,21,23). The molecule has 0 aliphatic carbocycles. The van der Waals surface area contributed by atoms with Crippen LogP contribution < -0.4 is 11.1 Å². The summed E-state index contributed by atoms with van der Waals surface area (Å²) in [5.41, 5.74) is 6.82. The Bertz CT molecular complexity index is 881. The summed E-state index contributed by atoms with van der Waals surface area (Å²) in [6.07, 6.45) is 1.42. The minimum atomic E-state index is -0.684. The summed E-state index contributed by atoms with van der Waals surface area (Å²) in [6, 6.07) is 6.55. The second-order valence-electron chi connectivity index (χ2n) is 5.57. The van der Waals surface area contributed by atoms with E-state index in [4.69, 9.17) is 27.3 Å². The van der Waals surface area contributed by atoms with Crippen LogP contribution in [-0.4, -0.2) is 29.6 Å². The molecule has 0 saturated carbocycles. The van der Waals surface area contributed by atoms with E-state index in [-0.39, 0.29) is 33.9 Å².